The molecular formula is C10H8ClNO. The van der Waals surface area contributed by atoms with Crippen molar-refractivity contribution in [3.8, 4) is 6.07 Å². The second-order valence-corrected chi connectivity index (χ2v) is 3.12. The smallest absolute Gasteiger partial charge is 0.165 e. The summed E-state index contributed by atoms with van der Waals surface area (Å²) in [7, 11) is 0. The minimum atomic E-state index is -0.729. The lowest BCUT2D eigenvalue weighted by Crippen LogP contribution is -2.06. The zero-order chi connectivity index (χ0) is 9.68. The van der Waals surface area contributed by atoms with Gasteiger partial charge in [-0.05, 0) is 0 Å². The second-order valence-electron chi connectivity index (χ2n) is 2.59. The fraction of sp³-hybridized carbons (Fsp3) is 0.200. The fourth-order valence-electron chi connectivity index (χ4n) is 0.950. The van der Waals surface area contributed by atoms with Gasteiger partial charge in [0.25, 0.3) is 0 Å². The molecule has 1 atom stereocenters. The zero-order valence-electron chi connectivity index (χ0n) is 6.90. The highest BCUT2D eigenvalue weighted by molar-refractivity contribution is 6.24. The van der Waals surface area contributed by atoms with Gasteiger partial charge in [0, 0.05) is 12.0 Å². The number of nitriles is 1. The molecule has 0 fully saturated rings. The highest BCUT2D eigenvalue weighted by atomic mass is 35.5. The van der Waals surface area contributed by atoms with Crippen molar-refractivity contribution < 1.29 is 4.79 Å². The van der Waals surface area contributed by atoms with Gasteiger partial charge in [0.15, 0.2) is 5.78 Å². The molecule has 1 aromatic rings. The molecule has 0 bridgehead atoms. The molecule has 0 saturated heterocycles. The summed E-state index contributed by atoms with van der Waals surface area (Å²) in [6.45, 7) is 0. The first kappa shape index (κ1) is 9.76. The highest BCUT2D eigenvalue weighted by Gasteiger charge is 2.11. The molecule has 13 heavy (non-hydrogen) atoms. The molecule has 66 valence electrons. The lowest BCUT2D eigenvalue weighted by molar-refractivity contribution is 0.0985. The number of nitrogens with zero attached hydrogens (tertiary/aromatic N) is 1. The Labute approximate surface area is 81.7 Å². The molecule has 0 aliphatic rings. The summed E-state index contributed by atoms with van der Waals surface area (Å²) in [4.78, 5) is 11.4. The molecule has 1 unspecified atom stereocenters. The lowest BCUT2D eigenvalue weighted by atomic mass is 10.1. The van der Waals surface area contributed by atoms with Crippen LogP contribution in [0.3, 0.4) is 0 Å². The summed E-state index contributed by atoms with van der Waals surface area (Å²) in [5.74, 6) is -0.0952. The van der Waals surface area contributed by atoms with E-state index in [-0.39, 0.29) is 12.2 Å². The predicted octanol–water partition coefficient (Wildman–Crippen LogP) is 2.39. The summed E-state index contributed by atoms with van der Waals surface area (Å²) in [5, 5.41) is 7.67. The molecule has 0 N–H and O–H groups in total. The number of ketones is 1. The number of Topliss-reactive ketones (excluding diaryl/α,β-unsaturated/α-hetero) is 1. The second kappa shape index (κ2) is 4.64. The van der Waals surface area contributed by atoms with Gasteiger partial charge in [-0.3, -0.25) is 4.79 Å². The van der Waals surface area contributed by atoms with E-state index in [4.69, 9.17) is 16.9 Å². The van der Waals surface area contributed by atoms with Crippen LogP contribution in [0.4, 0.5) is 0 Å². The Morgan fingerprint density at radius 1 is 1.46 bits per heavy atom. The predicted molar refractivity (Wildman–Crippen MR) is 50.6 cm³/mol. The van der Waals surface area contributed by atoms with E-state index in [1.54, 1.807) is 24.3 Å². The summed E-state index contributed by atoms with van der Waals surface area (Å²) < 4.78 is 0. The van der Waals surface area contributed by atoms with Crippen LogP contribution in [0.5, 0.6) is 0 Å². The Morgan fingerprint density at radius 3 is 2.62 bits per heavy atom. The SMILES string of the molecule is N#CC(Cl)CC(=O)c1ccccc1. The number of hydrogen-bond donors (Lipinski definition) is 0. The first-order valence-corrected chi connectivity index (χ1v) is 4.29. The highest BCUT2D eigenvalue weighted by Crippen LogP contribution is 2.08. The van der Waals surface area contributed by atoms with Crippen molar-refractivity contribution in [3.05, 3.63) is 35.9 Å². The minimum Gasteiger partial charge on any atom is -0.294 e. The van der Waals surface area contributed by atoms with E-state index in [1.807, 2.05) is 12.1 Å². The maximum atomic E-state index is 11.4. The number of alkyl halides is 1. The first-order chi connectivity index (χ1) is 6.24. The van der Waals surface area contributed by atoms with Crippen LogP contribution in [0.1, 0.15) is 16.8 Å². The number of benzene rings is 1. The number of carbonyl (C=O) groups is 1. The third-order valence-corrected chi connectivity index (χ3v) is 1.85. The van der Waals surface area contributed by atoms with Crippen LogP contribution in [0.2, 0.25) is 0 Å². The van der Waals surface area contributed by atoms with Crippen LogP contribution < -0.4 is 0 Å². The molecule has 0 spiro atoms. The molecule has 0 radical (unpaired) electrons. The Hall–Kier alpha value is -1.33. The van der Waals surface area contributed by atoms with Gasteiger partial charge < -0.3 is 0 Å². The van der Waals surface area contributed by atoms with Gasteiger partial charge in [-0.25, -0.2) is 0 Å². The summed E-state index contributed by atoms with van der Waals surface area (Å²) >= 11 is 5.53. The molecule has 0 aliphatic carbocycles. The average Bonchev–Trinajstić information content (AvgIpc) is 2.19. The van der Waals surface area contributed by atoms with Gasteiger partial charge in [0.1, 0.15) is 5.38 Å². The molecule has 1 aromatic carbocycles. The largest absolute Gasteiger partial charge is 0.294 e. The number of hydrogen-bond acceptors (Lipinski definition) is 2. The van der Waals surface area contributed by atoms with Crippen LogP contribution >= 0.6 is 11.6 Å². The van der Waals surface area contributed by atoms with E-state index in [0.717, 1.165) is 0 Å². The van der Waals surface area contributed by atoms with Crippen molar-refractivity contribution in [2.75, 3.05) is 0 Å². The first-order valence-electron chi connectivity index (χ1n) is 3.86. The maximum Gasteiger partial charge on any atom is 0.165 e. The fourth-order valence-corrected chi connectivity index (χ4v) is 1.09. The van der Waals surface area contributed by atoms with Crippen molar-refractivity contribution in [2.24, 2.45) is 0 Å². The summed E-state index contributed by atoms with van der Waals surface area (Å²) in [6, 6.07) is 10.6. The molecule has 0 saturated carbocycles. The van der Waals surface area contributed by atoms with Gasteiger partial charge in [-0.15, -0.1) is 11.6 Å². The third-order valence-electron chi connectivity index (χ3n) is 1.60. The molecule has 0 amide bonds. The zero-order valence-corrected chi connectivity index (χ0v) is 7.66. The van der Waals surface area contributed by atoms with E-state index < -0.39 is 5.38 Å². The topological polar surface area (TPSA) is 40.9 Å². The van der Waals surface area contributed by atoms with Crippen LogP contribution in [0.25, 0.3) is 0 Å². The van der Waals surface area contributed by atoms with Gasteiger partial charge in [0.2, 0.25) is 0 Å². The number of halogens is 1. The molecule has 3 heteroatoms. The summed E-state index contributed by atoms with van der Waals surface area (Å²) in [5.41, 5.74) is 0.600. The molecule has 0 heterocycles. The molecule has 2 nitrogen and oxygen atoms in total. The Balaban J connectivity index is 2.66. The Bertz CT molecular complexity index is 329. The number of rotatable bonds is 3. The number of carbonyl (C=O) groups excluding carboxylic acids is 1. The van der Waals surface area contributed by atoms with Gasteiger partial charge in [0.05, 0.1) is 6.07 Å². The van der Waals surface area contributed by atoms with E-state index in [2.05, 4.69) is 0 Å². The third kappa shape index (κ3) is 2.89. The van der Waals surface area contributed by atoms with Crippen molar-refractivity contribution in [1.82, 2.24) is 0 Å². The van der Waals surface area contributed by atoms with Crippen LogP contribution in [-0.4, -0.2) is 11.2 Å². The van der Waals surface area contributed by atoms with Gasteiger partial charge in [-0.2, -0.15) is 5.26 Å². The van der Waals surface area contributed by atoms with Crippen molar-refractivity contribution in [3.63, 3.8) is 0 Å². The van der Waals surface area contributed by atoms with E-state index in [9.17, 15) is 4.79 Å². The Kier molecular flexibility index (Phi) is 3.48. The normalized spacial score (nSPS) is 11.7. The van der Waals surface area contributed by atoms with Crippen LogP contribution in [0.15, 0.2) is 30.3 Å². The van der Waals surface area contributed by atoms with Crippen molar-refractivity contribution in [1.29, 1.82) is 5.26 Å². The minimum absolute atomic E-state index is 0.0715. The van der Waals surface area contributed by atoms with Gasteiger partial charge in [-0.1, -0.05) is 30.3 Å². The quantitative estimate of drug-likeness (QED) is 0.546. The molecule has 0 aliphatic heterocycles. The monoisotopic (exact) mass is 193 g/mol. The standard InChI is InChI=1S/C10H8ClNO/c11-9(7-12)6-10(13)8-4-2-1-3-5-8/h1-5,9H,6H2. The lowest BCUT2D eigenvalue weighted by Gasteiger charge is -1.99. The van der Waals surface area contributed by atoms with E-state index in [1.165, 1.54) is 0 Å². The summed E-state index contributed by atoms with van der Waals surface area (Å²) in [6.07, 6.45) is 0.0715. The van der Waals surface area contributed by atoms with Crippen LogP contribution in [0, 0.1) is 11.3 Å². The average molecular weight is 194 g/mol. The van der Waals surface area contributed by atoms with Crippen molar-refractivity contribution >= 4 is 17.4 Å². The molecule has 1 rings (SSSR count). The Morgan fingerprint density at radius 2 is 2.08 bits per heavy atom. The van der Waals surface area contributed by atoms with Crippen LogP contribution in [-0.2, 0) is 0 Å². The molecule has 0 aromatic heterocycles. The molecular weight excluding hydrogens is 186 g/mol. The van der Waals surface area contributed by atoms with Crippen molar-refractivity contribution in [2.45, 2.75) is 11.8 Å². The maximum absolute atomic E-state index is 11.4. The van der Waals surface area contributed by atoms with E-state index >= 15 is 0 Å². The van der Waals surface area contributed by atoms with E-state index in [0.29, 0.717) is 5.56 Å². The van der Waals surface area contributed by atoms with Gasteiger partial charge >= 0.3 is 0 Å².